The molecule has 0 bridgehead atoms. The first kappa shape index (κ1) is 12.5. The van der Waals surface area contributed by atoms with Crippen molar-refractivity contribution in [3.8, 4) is 0 Å². The quantitative estimate of drug-likeness (QED) is 0.387. The lowest BCUT2D eigenvalue weighted by atomic mass is 10.1. The molecule has 0 saturated carbocycles. The molecule has 0 saturated heterocycles. The first-order valence-electron chi connectivity index (χ1n) is 5.63. The third kappa shape index (κ3) is 9.39. The molecule has 0 amide bonds. The fourth-order valence-corrected chi connectivity index (χ4v) is 1.28. The lowest BCUT2D eigenvalue weighted by Crippen LogP contribution is -1.79. The molecule has 0 heterocycles. The highest BCUT2D eigenvalue weighted by Crippen LogP contribution is 2.09. The molecule has 0 radical (unpaired) electrons. The van der Waals surface area contributed by atoms with E-state index in [0.717, 1.165) is 6.42 Å². The molecule has 0 aromatic heterocycles. The highest BCUT2D eigenvalue weighted by atomic mass is 14.0. The first-order valence-corrected chi connectivity index (χ1v) is 5.63. The van der Waals surface area contributed by atoms with E-state index in [1.165, 1.54) is 37.7 Å². The number of allylic oxidation sites excluding steroid dienone is 4. The van der Waals surface area contributed by atoms with Crippen molar-refractivity contribution in [3.63, 3.8) is 0 Å². The standard InChI is InChI=1S/C13H24/c1-4-6-8-10-12-13(3)11-9-7-5-2/h7,9,11H,4-6,8,10,12H2,1-3H3/b9-7-,13-11+. The summed E-state index contributed by atoms with van der Waals surface area (Å²) in [6.07, 6.45) is 14.5. The second-order valence-electron chi connectivity index (χ2n) is 3.66. The number of hydrogen-bond donors (Lipinski definition) is 0. The van der Waals surface area contributed by atoms with Crippen LogP contribution in [0.25, 0.3) is 0 Å². The van der Waals surface area contributed by atoms with Crippen LogP contribution in [0.5, 0.6) is 0 Å². The van der Waals surface area contributed by atoms with Gasteiger partial charge in [-0.15, -0.1) is 0 Å². The number of rotatable bonds is 7. The fraction of sp³-hybridized carbons (Fsp3) is 0.692. The molecule has 0 rings (SSSR count). The van der Waals surface area contributed by atoms with Crippen molar-refractivity contribution in [1.29, 1.82) is 0 Å². The van der Waals surface area contributed by atoms with Crippen molar-refractivity contribution in [1.82, 2.24) is 0 Å². The molecule has 0 heteroatoms. The minimum atomic E-state index is 1.14. The Kier molecular flexibility index (Phi) is 9.18. The Bertz CT molecular complexity index is 151. The minimum Gasteiger partial charge on any atom is -0.0848 e. The summed E-state index contributed by atoms with van der Waals surface area (Å²) in [5, 5.41) is 0. The molecule has 0 spiro atoms. The first-order chi connectivity index (χ1) is 6.31. The molecule has 0 aliphatic heterocycles. The molecular weight excluding hydrogens is 156 g/mol. The normalized spacial score (nSPS) is 12.7. The Morgan fingerprint density at radius 1 is 1.08 bits per heavy atom. The van der Waals surface area contributed by atoms with Crippen LogP contribution in [0.2, 0.25) is 0 Å². The van der Waals surface area contributed by atoms with Gasteiger partial charge in [-0.2, -0.15) is 0 Å². The van der Waals surface area contributed by atoms with Crippen molar-refractivity contribution < 1.29 is 0 Å². The van der Waals surface area contributed by atoms with Gasteiger partial charge in [-0.25, -0.2) is 0 Å². The van der Waals surface area contributed by atoms with Crippen LogP contribution in [-0.2, 0) is 0 Å². The molecule has 0 unspecified atom stereocenters. The van der Waals surface area contributed by atoms with Gasteiger partial charge in [-0.3, -0.25) is 0 Å². The van der Waals surface area contributed by atoms with Gasteiger partial charge in [-0.1, -0.05) is 56.9 Å². The molecule has 0 fully saturated rings. The summed E-state index contributed by atoms with van der Waals surface area (Å²) in [6.45, 7) is 6.65. The van der Waals surface area contributed by atoms with Gasteiger partial charge in [0.2, 0.25) is 0 Å². The maximum Gasteiger partial charge on any atom is -0.0320 e. The van der Waals surface area contributed by atoms with Gasteiger partial charge < -0.3 is 0 Å². The van der Waals surface area contributed by atoms with E-state index >= 15 is 0 Å². The van der Waals surface area contributed by atoms with E-state index in [2.05, 4.69) is 39.0 Å². The van der Waals surface area contributed by atoms with Crippen LogP contribution in [0.1, 0.15) is 59.3 Å². The van der Waals surface area contributed by atoms with Crippen molar-refractivity contribution in [2.24, 2.45) is 0 Å². The van der Waals surface area contributed by atoms with E-state index in [1.54, 1.807) is 0 Å². The van der Waals surface area contributed by atoms with E-state index in [0.29, 0.717) is 0 Å². The van der Waals surface area contributed by atoms with Crippen LogP contribution < -0.4 is 0 Å². The average molecular weight is 180 g/mol. The van der Waals surface area contributed by atoms with E-state index in [9.17, 15) is 0 Å². The third-order valence-corrected chi connectivity index (χ3v) is 2.18. The summed E-state index contributed by atoms with van der Waals surface area (Å²) < 4.78 is 0. The van der Waals surface area contributed by atoms with Crippen LogP contribution in [0.15, 0.2) is 23.8 Å². The van der Waals surface area contributed by atoms with Gasteiger partial charge in [0.1, 0.15) is 0 Å². The van der Waals surface area contributed by atoms with Gasteiger partial charge >= 0.3 is 0 Å². The van der Waals surface area contributed by atoms with E-state index in [4.69, 9.17) is 0 Å². The zero-order chi connectivity index (χ0) is 9.94. The topological polar surface area (TPSA) is 0 Å². The summed E-state index contributed by atoms with van der Waals surface area (Å²) in [7, 11) is 0. The van der Waals surface area contributed by atoms with Crippen molar-refractivity contribution in [2.75, 3.05) is 0 Å². The van der Waals surface area contributed by atoms with E-state index in [1.807, 2.05) is 0 Å². The van der Waals surface area contributed by atoms with Crippen LogP contribution in [0.4, 0.5) is 0 Å². The van der Waals surface area contributed by atoms with Crippen LogP contribution >= 0.6 is 0 Å². The molecule has 0 aliphatic carbocycles. The zero-order valence-electron chi connectivity index (χ0n) is 9.47. The molecule has 0 aromatic carbocycles. The Hall–Kier alpha value is -0.520. The largest absolute Gasteiger partial charge is 0.0848 e. The Morgan fingerprint density at radius 3 is 2.46 bits per heavy atom. The molecule has 13 heavy (non-hydrogen) atoms. The molecule has 0 aromatic rings. The predicted octanol–water partition coefficient (Wildman–Crippen LogP) is 4.87. The van der Waals surface area contributed by atoms with Crippen LogP contribution in [-0.4, -0.2) is 0 Å². The van der Waals surface area contributed by atoms with Gasteiger partial charge in [0.15, 0.2) is 0 Å². The number of hydrogen-bond acceptors (Lipinski definition) is 0. The zero-order valence-corrected chi connectivity index (χ0v) is 9.47. The molecule has 0 atom stereocenters. The van der Waals surface area contributed by atoms with Crippen molar-refractivity contribution in [2.45, 2.75) is 59.3 Å². The third-order valence-electron chi connectivity index (χ3n) is 2.18. The highest BCUT2D eigenvalue weighted by Gasteiger charge is 1.89. The summed E-state index contributed by atoms with van der Waals surface area (Å²) in [5.41, 5.74) is 1.51. The summed E-state index contributed by atoms with van der Waals surface area (Å²) in [4.78, 5) is 0. The Labute approximate surface area is 83.7 Å². The van der Waals surface area contributed by atoms with E-state index < -0.39 is 0 Å². The fourth-order valence-electron chi connectivity index (χ4n) is 1.28. The predicted molar refractivity (Wildman–Crippen MR) is 61.9 cm³/mol. The maximum absolute atomic E-state index is 2.26. The molecule has 0 nitrogen and oxygen atoms in total. The smallest absolute Gasteiger partial charge is 0.0320 e. The monoisotopic (exact) mass is 180 g/mol. The van der Waals surface area contributed by atoms with Crippen LogP contribution in [0, 0.1) is 0 Å². The Morgan fingerprint density at radius 2 is 1.85 bits per heavy atom. The maximum atomic E-state index is 2.26. The SMILES string of the molecule is CC/C=C\C=C(/C)CCCCCC. The summed E-state index contributed by atoms with van der Waals surface area (Å²) in [6, 6.07) is 0. The van der Waals surface area contributed by atoms with Crippen molar-refractivity contribution in [3.05, 3.63) is 23.8 Å². The van der Waals surface area contributed by atoms with Gasteiger partial charge in [0, 0.05) is 0 Å². The molecule has 76 valence electrons. The summed E-state index contributed by atoms with van der Waals surface area (Å²) >= 11 is 0. The second kappa shape index (κ2) is 9.57. The van der Waals surface area contributed by atoms with Crippen LogP contribution in [0.3, 0.4) is 0 Å². The van der Waals surface area contributed by atoms with Gasteiger partial charge in [0.25, 0.3) is 0 Å². The number of unbranched alkanes of at least 4 members (excludes halogenated alkanes) is 3. The minimum absolute atomic E-state index is 1.14. The summed E-state index contributed by atoms with van der Waals surface area (Å²) in [5.74, 6) is 0. The highest BCUT2D eigenvalue weighted by molar-refractivity contribution is 5.10. The van der Waals surface area contributed by atoms with Gasteiger partial charge in [0.05, 0.1) is 0 Å². The second-order valence-corrected chi connectivity index (χ2v) is 3.66. The van der Waals surface area contributed by atoms with Gasteiger partial charge in [-0.05, 0) is 26.2 Å². The average Bonchev–Trinajstić information content (AvgIpc) is 2.13. The van der Waals surface area contributed by atoms with E-state index in [-0.39, 0.29) is 0 Å². The molecular formula is C13H24. The lowest BCUT2D eigenvalue weighted by Gasteiger charge is -1.99. The van der Waals surface area contributed by atoms with Crippen molar-refractivity contribution >= 4 is 0 Å². The lowest BCUT2D eigenvalue weighted by molar-refractivity contribution is 0.664. The molecule has 0 N–H and O–H groups in total. The Balaban J connectivity index is 3.43. The molecule has 0 aliphatic rings.